The van der Waals surface area contributed by atoms with Gasteiger partial charge in [-0.2, -0.15) is 0 Å². The Morgan fingerprint density at radius 2 is 2.12 bits per heavy atom. The number of hydrogen-bond acceptors (Lipinski definition) is 5. The first-order chi connectivity index (χ1) is 11.6. The van der Waals surface area contributed by atoms with Crippen molar-refractivity contribution in [2.24, 2.45) is 0 Å². The van der Waals surface area contributed by atoms with Crippen molar-refractivity contribution >= 4 is 5.91 Å². The number of amides is 1. The molecule has 2 N–H and O–H groups in total. The predicted octanol–water partition coefficient (Wildman–Crippen LogP) is 2.19. The fourth-order valence-electron chi connectivity index (χ4n) is 3.39. The van der Waals surface area contributed by atoms with Crippen LogP contribution in [0, 0.1) is 0 Å². The van der Waals surface area contributed by atoms with E-state index in [1.54, 1.807) is 6.07 Å². The van der Waals surface area contributed by atoms with Crippen molar-refractivity contribution in [3.8, 4) is 17.2 Å². The van der Waals surface area contributed by atoms with Crippen LogP contribution < -0.4 is 14.8 Å². The van der Waals surface area contributed by atoms with Crippen molar-refractivity contribution < 1.29 is 19.4 Å². The molecule has 1 aromatic rings. The number of nitrogens with zero attached hydrogens (tertiary/aromatic N) is 1. The molecule has 1 saturated heterocycles. The Kier molecular flexibility index (Phi) is 6.31. The van der Waals surface area contributed by atoms with Gasteiger partial charge in [-0.3, -0.25) is 9.69 Å². The number of carbonyl (C=O) groups is 1. The highest BCUT2D eigenvalue weighted by Gasteiger charge is 2.27. The molecule has 1 aliphatic heterocycles. The highest BCUT2D eigenvalue weighted by atomic mass is 16.5. The lowest BCUT2D eigenvalue weighted by Gasteiger charge is -2.23. The third-order valence-electron chi connectivity index (χ3n) is 4.73. The van der Waals surface area contributed by atoms with Gasteiger partial charge in [0, 0.05) is 12.6 Å². The van der Waals surface area contributed by atoms with Gasteiger partial charge in [0.15, 0.2) is 11.5 Å². The SMILES string of the molecule is CCc1cc(OC)c(O)c(C(=O)NC[C@@H]2CCCN2CC)c1OC. The minimum absolute atomic E-state index is 0.148. The molecule has 0 spiro atoms. The van der Waals surface area contributed by atoms with Gasteiger partial charge < -0.3 is 19.9 Å². The minimum Gasteiger partial charge on any atom is -0.504 e. The number of phenolic OH excluding ortho intramolecular Hbond substituents is 1. The Bertz CT molecular complexity index is 589. The van der Waals surface area contributed by atoms with Gasteiger partial charge in [-0.25, -0.2) is 0 Å². The Hall–Kier alpha value is -1.95. The topological polar surface area (TPSA) is 71.0 Å². The maximum absolute atomic E-state index is 12.7. The molecule has 2 rings (SSSR count). The number of phenols is 1. The molecule has 1 amide bonds. The molecule has 0 bridgehead atoms. The maximum Gasteiger partial charge on any atom is 0.259 e. The summed E-state index contributed by atoms with van der Waals surface area (Å²) in [5.41, 5.74) is 0.975. The van der Waals surface area contributed by atoms with Crippen LogP contribution in [0.25, 0.3) is 0 Å². The van der Waals surface area contributed by atoms with Crippen molar-refractivity contribution in [3.63, 3.8) is 0 Å². The molecule has 0 saturated carbocycles. The van der Waals surface area contributed by atoms with E-state index in [4.69, 9.17) is 9.47 Å². The zero-order valence-electron chi connectivity index (χ0n) is 15.0. The summed E-state index contributed by atoms with van der Waals surface area (Å²) in [5, 5.41) is 13.4. The fourth-order valence-corrected chi connectivity index (χ4v) is 3.39. The highest BCUT2D eigenvalue weighted by Crippen LogP contribution is 2.39. The van der Waals surface area contributed by atoms with Crippen molar-refractivity contribution in [1.29, 1.82) is 0 Å². The third-order valence-corrected chi connectivity index (χ3v) is 4.73. The second-order valence-corrected chi connectivity index (χ2v) is 5.98. The van der Waals surface area contributed by atoms with Gasteiger partial charge in [0.25, 0.3) is 5.91 Å². The molecule has 1 fully saturated rings. The minimum atomic E-state index is -0.332. The third kappa shape index (κ3) is 3.59. The normalized spacial score (nSPS) is 17.8. The summed E-state index contributed by atoms with van der Waals surface area (Å²) >= 11 is 0. The number of hydrogen-bond donors (Lipinski definition) is 2. The number of rotatable bonds is 7. The molecule has 6 heteroatoms. The molecule has 24 heavy (non-hydrogen) atoms. The molecular weight excluding hydrogens is 308 g/mol. The average molecular weight is 336 g/mol. The summed E-state index contributed by atoms with van der Waals surface area (Å²) in [6.07, 6.45) is 2.91. The standard InChI is InChI=1S/C18H28N2O4/c1-5-12-10-14(23-3)16(21)15(17(12)24-4)18(22)19-11-13-8-7-9-20(13)6-2/h10,13,21H,5-9,11H2,1-4H3,(H,19,22)/t13-/m0/s1. The number of ether oxygens (including phenoxy) is 2. The Balaban J connectivity index is 2.24. The second kappa shape index (κ2) is 8.24. The van der Waals surface area contributed by atoms with Crippen LogP contribution in [0.5, 0.6) is 17.2 Å². The van der Waals surface area contributed by atoms with Crippen molar-refractivity contribution in [2.45, 2.75) is 39.2 Å². The van der Waals surface area contributed by atoms with Crippen LogP contribution in [-0.4, -0.2) is 55.8 Å². The molecule has 0 radical (unpaired) electrons. The van der Waals surface area contributed by atoms with Crippen LogP contribution in [-0.2, 0) is 6.42 Å². The van der Waals surface area contributed by atoms with Crippen LogP contribution in [0.15, 0.2) is 6.07 Å². The molecular formula is C18H28N2O4. The smallest absolute Gasteiger partial charge is 0.259 e. The lowest BCUT2D eigenvalue weighted by atomic mass is 10.0. The van der Waals surface area contributed by atoms with Crippen LogP contribution in [0.3, 0.4) is 0 Å². The van der Waals surface area contributed by atoms with Crippen LogP contribution in [0.4, 0.5) is 0 Å². The lowest BCUT2D eigenvalue weighted by molar-refractivity contribution is 0.0934. The van der Waals surface area contributed by atoms with Gasteiger partial charge in [0.05, 0.1) is 14.2 Å². The van der Waals surface area contributed by atoms with E-state index in [0.717, 1.165) is 31.5 Å². The van der Waals surface area contributed by atoms with Gasteiger partial charge in [0.1, 0.15) is 11.3 Å². The average Bonchev–Trinajstić information content (AvgIpc) is 3.06. The van der Waals surface area contributed by atoms with Gasteiger partial charge >= 0.3 is 0 Å². The first kappa shape index (κ1) is 18.4. The highest BCUT2D eigenvalue weighted by molar-refractivity contribution is 6.01. The van der Waals surface area contributed by atoms with E-state index in [1.165, 1.54) is 14.2 Å². The largest absolute Gasteiger partial charge is 0.504 e. The van der Waals surface area contributed by atoms with Crippen LogP contribution in [0.1, 0.15) is 42.6 Å². The molecule has 134 valence electrons. The van der Waals surface area contributed by atoms with Crippen molar-refractivity contribution in [2.75, 3.05) is 33.9 Å². The van der Waals surface area contributed by atoms with Gasteiger partial charge in [-0.05, 0) is 44.0 Å². The molecule has 0 unspecified atom stereocenters. The van der Waals surface area contributed by atoms with E-state index in [9.17, 15) is 9.90 Å². The molecule has 0 aromatic heterocycles. The molecule has 1 atom stereocenters. The number of likely N-dealkylation sites (tertiary alicyclic amines) is 1. The Labute approximate surface area is 143 Å². The van der Waals surface area contributed by atoms with E-state index in [0.29, 0.717) is 24.8 Å². The summed E-state index contributed by atoms with van der Waals surface area (Å²) in [6.45, 7) is 6.71. The quantitative estimate of drug-likeness (QED) is 0.799. The Morgan fingerprint density at radius 1 is 1.38 bits per heavy atom. The summed E-state index contributed by atoms with van der Waals surface area (Å²) in [7, 11) is 2.98. The first-order valence-electron chi connectivity index (χ1n) is 8.56. The number of benzene rings is 1. The van der Waals surface area contributed by atoms with Gasteiger partial charge in [0.2, 0.25) is 0 Å². The number of aromatic hydroxyl groups is 1. The number of methoxy groups -OCH3 is 2. The van der Waals surface area contributed by atoms with E-state index in [-0.39, 0.29) is 23.0 Å². The number of nitrogens with one attached hydrogen (secondary N) is 1. The second-order valence-electron chi connectivity index (χ2n) is 5.98. The van der Waals surface area contributed by atoms with E-state index in [1.807, 2.05) is 6.92 Å². The summed E-state index contributed by atoms with van der Waals surface area (Å²) < 4.78 is 10.6. The number of carbonyl (C=O) groups excluding carboxylic acids is 1. The van der Waals surface area contributed by atoms with E-state index >= 15 is 0 Å². The first-order valence-corrected chi connectivity index (χ1v) is 8.56. The molecule has 1 heterocycles. The van der Waals surface area contributed by atoms with Crippen molar-refractivity contribution in [1.82, 2.24) is 10.2 Å². The maximum atomic E-state index is 12.7. The van der Waals surface area contributed by atoms with E-state index in [2.05, 4.69) is 17.1 Å². The zero-order valence-corrected chi connectivity index (χ0v) is 15.0. The molecule has 6 nitrogen and oxygen atoms in total. The van der Waals surface area contributed by atoms with Gasteiger partial charge in [-0.15, -0.1) is 0 Å². The zero-order chi connectivity index (χ0) is 17.7. The predicted molar refractivity (Wildman–Crippen MR) is 93.2 cm³/mol. The Morgan fingerprint density at radius 3 is 2.71 bits per heavy atom. The van der Waals surface area contributed by atoms with E-state index < -0.39 is 0 Å². The number of aryl methyl sites for hydroxylation is 1. The molecule has 1 aromatic carbocycles. The molecule has 0 aliphatic carbocycles. The summed E-state index contributed by atoms with van der Waals surface area (Å²) in [4.78, 5) is 15.1. The number of likely N-dealkylation sites (N-methyl/N-ethyl adjacent to an activating group) is 1. The fraction of sp³-hybridized carbons (Fsp3) is 0.611. The summed E-state index contributed by atoms with van der Waals surface area (Å²) in [5.74, 6) is 0.185. The lowest BCUT2D eigenvalue weighted by Crippen LogP contribution is -2.40. The van der Waals surface area contributed by atoms with Crippen LogP contribution >= 0.6 is 0 Å². The van der Waals surface area contributed by atoms with Crippen LogP contribution in [0.2, 0.25) is 0 Å². The molecule has 1 aliphatic rings. The monoisotopic (exact) mass is 336 g/mol. The van der Waals surface area contributed by atoms with Crippen molar-refractivity contribution in [3.05, 3.63) is 17.2 Å². The summed E-state index contributed by atoms with van der Waals surface area (Å²) in [6, 6.07) is 2.06. The van der Waals surface area contributed by atoms with Gasteiger partial charge in [-0.1, -0.05) is 13.8 Å².